The Morgan fingerprint density at radius 2 is 2.53 bits per heavy atom. The minimum absolute atomic E-state index is 0.332. The number of nitrogens with zero attached hydrogens (tertiary/aromatic N) is 3. The second-order valence-corrected chi connectivity index (χ2v) is 5.31. The number of rotatable bonds is 4. The normalized spacial score (nSPS) is 21.6. The summed E-state index contributed by atoms with van der Waals surface area (Å²) in [4.78, 5) is 13.2. The van der Waals surface area contributed by atoms with Gasteiger partial charge in [-0.1, -0.05) is 0 Å². The Balaban J connectivity index is 1.92. The van der Waals surface area contributed by atoms with Crippen LogP contribution in [-0.4, -0.2) is 56.4 Å². The van der Waals surface area contributed by atoms with Gasteiger partial charge in [-0.05, 0) is 6.07 Å². The van der Waals surface area contributed by atoms with Gasteiger partial charge in [-0.3, -0.25) is 14.4 Å². The highest BCUT2D eigenvalue weighted by atomic mass is 32.2. The van der Waals surface area contributed by atoms with E-state index < -0.39 is 5.97 Å². The SMILES string of the molecule is Cn1nccc1CCN1CCSCC1C(=O)O. The molecule has 94 valence electrons. The van der Waals surface area contributed by atoms with Crippen LogP contribution in [0.3, 0.4) is 0 Å². The van der Waals surface area contributed by atoms with E-state index in [1.54, 1.807) is 18.0 Å². The molecule has 0 bridgehead atoms. The van der Waals surface area contributed by atoms with Gasteiger partial charge in [0.25, 0.3) is 0 Å². The van der Waals surface area contributed by atoms with Crippen LogP contribution in [0.15, 0.2) is 12.3 Å². The fourth-order valence-corrected chi connectivity index (χ4v) is 3.14. The lowest BCUT2D eigenvalue weighted by atomic mass is 10.2. The van der Waals surface area contributed by atoms with Gasteiger partial charge in [0.05, 0.1) is 0 Å². The summed E-state index contributed by atoms with van der Waals surface area (Å²) in [6.07, 6.45) is 2.63. The molecule has 0 saturated carbocycles. The molecule has 2 heterocycles. The predicted molar refractivity (Wildman–Crippen MR) is 67.2 cm³/mol. The van der Waals surface area contributed by atoms with E-state index in [1.165, 1.54) is 0 Å². The molecular weight excluding hydrogens is 238 g/mol. The van der Waals surface area contributed by atoms with Gasteiger partial charge in [0.15, 0.2) is 0 Å². The molecule has 1 aromatic rings. The third-order valence-corrected chi connectivity index (χ3v) is 4.12. The first-order valence-electron chi connectivity index (χ1n) is 5.70. The number of aliphatic carboxylic acids is 1. The number of carboxylic acid groups (broad SMARTS) is 1. The Bertz CT molecular complexity index is 394. The number of thioether (sulfide) groups is 1. The summed E-state index contributed by atoms with van der Waals surface area (Å²) >= 11 is 1.72. The van der Waals surface area contributed by atoms with Crippen LogP contribution in [0.25, 0.3) is 0 Å². The van der Waals surface area contributed by atoms with Crippen LogP contribution < -0.4 is 0 Å². The average molecular weight is 255 g/mol. The molecule has 0 aromatic carbocycles. The Labute approximate surface area is 105 Å². The van der Waals surface area contributed by atoms with Gasteiger partial charge < -0.3 is 5.11 Å². The second-order valence-electron chi connectivity index (χ2n) is 4.16. The van der Waals surface area contributed by atoms with Crippen molar-refractivity contribution in [2.75, 3.05) is 24.6 Å². The third-order valence-electron chi connectivity index (χ3n) is 3.10. The molecule has 0 spiro atoms. The molecular formula is C11H17N3O2S. The van der Waals surface area contributed by atoms with Crippen molar-refractivity contribution in [1.29, 1.82) is 0 Å². The van der Waals surface area contributed by atoms with Gasteiger partial charge in [0, 0.05) is 50.0 Å². The maximum atomic E-state index is 11.1. The van der Waals surface area contributed by atoms with E-state index >= 15 is 0 Å². The zero-order valence-corrected chi connectivity index (χ0v) is 10.7. The molecule has 1 aromatic heterocycles. The highest BCUT2D eigenvalue weighted by Crippen LogP contribution is 2.17. The number of hydrogen-bond donors (Lipinski definition) is 1. The molecule has 1 atom stereocenters. The lowest BCUT2D eigenvalue weighted by molar-refractivity contribution is -0.142. The first-order chi connectivity index (χ1) is 8.18. The quantitative estimate of drug-likeness (QED) is 0.847. The van der Waals surface area contributed by atoms with Crippen LogP contribution in [0, 0.1) is 0 Å². The fraction of sp³-hybridized carbons (Fsp3) is 0.636. The summed E-state index contributed by atoms with van der Waals surface area (Å²) < 4.78 is 1.84. The minimum atomic E-state index is -0.706. The van der Waals surface area contributed by atoms with Gasteiger partial charge in [-0.2, -0.15) is 16.9 Å². The summed E-state index contributed by atoms with van der Waals surface area (Å²) in [6, 6.07) is 1.65. The molecule has 0 radical (unpaired) electrons. The van der Waals surface area contributed by atoms with Crippen LogP contribution in [0.4, 0.5) is 0 Å². The van der Waals surface area contributed by atoms with E-state index in [-0.39, 0.29) is 6.04 Å². The lowest BCUT2D eigenvalue weighted by Crippen LogP contribution is -2.48. The van der Waals surface area contributed by atoms with Crippen molar-refractivity contribution >= 4 is 17.7 Å². The molecule has 1 aliphatic heterocycles. The summed E-state index contributed by atoms with van der Waals surface area (Å²) in [5.41, 5.74) is 1.15. The third kappa shape index (κ3) is 3.01. The smallest absolute Gasteiger partial charge is 0.321 e. The van der Waals surface area contributed by atoms with Gasteiger partial charge >= 0.3 is 5.97 Å². The topological polar surface area (TPSA) is 58.4 Å². The molecule has 1 saturated heterocycles. The Morgan fingerprint density at radius 1 is 1.71 bits per heavy atom. The van der Waals surface area contributed by atoms with Crippen LogP contribution in [0.1, 0.15) is 5.69 Å². The highest BCUT2D eigenvalue weighted by Gasteiger charge is 2.28. The van der Waals surface area contributed by atoms with Crippen molar-refractivity contribution in [3.8, 4) is 0 Å². The van der Waals surface area contributed by atoms with Crippen molar-refractivity contribution in [1.82, 2.24) is 14.7 Å². The highest BCUT2D eigenvalue weighted by molar-refractivity contribution is 7.99. The van der Waals surface area contributed by atoms with Gasteiger partial charge in [-0.15, -0.1) is 0 Å². The number of carboxylic acids is 1. The standard InChI is InChI=1S/C11H17N3O2S/c1-13-9(2-4-12-13)3-5-14-6-7-17-8-10(14)11(15)16/h2,4,10H,3,5-8H2,1H3,(H,15,16). The monoisotopic (exact) mass is 255 g/mol. The van der Waals surface area contributed by atoms with Gasteiger partial charge in [-0.25, -0.2) is 0 Å². The molecule has 1 N–H and O–H groups in total. The molecule has 6 heteroatoms. The Hall–Kier alpha value is -1.01. The predicted octanol–water partition coefficient (Wildman–Crippen LogP) is 0.465. The molecule has 1 fully saturated rings. The largest absolute Gasteiger partial charge is 0.480 e. The van der Waals surface area contributed by atoms with E-state index in [4.69, 9.17) is 5.11 Å². The molecule has 17 heavy (non-hydrogen) atoms. The molecule has 0 amide bonds. The molecule has 2 rings (SSSR count). The van der Waals surface area contributed by atoms with Crippen molar-refractivity contribution < 1.29 is 9.90 Å². The van der Waals surface area contributed by atoms with Crippen LogP contribution in [0.2, 0.25) is 0 Å². The average Bonchev–Trinajstić information content (AvgIpc) is 2.72. The first-order valence-corrected chi connectivity index (χ1v) is 6.85. The molecule has 5 nitrogen and oxygen atoms in total. The zero-order chi connectivity index (χ0) is 12.3. The van der Waals surface area contributed by atoms with E-state index in [2.05, 4.69) is 10.00 Å². The molecule has 1 aliphatic rings. The summed E-state index contributed by atoms with van der Waals surface area (Å²) in [6.45, 7) is 1.65. The molecule has 0 aliphatic carbocycles. The number of aromatic nitrogens is 2. The van der Waals surface area contributed by atoms with Crippen LogP contribution in [-0.2, 0) is 18.3 Å². The van der Waals surface area contributed by atoms with E-state index in [0.29, 0.717) is 5.75 Å². The summed E-state index contributed by atoms with van der Waals surface area (Å²) in [7, 11) is 1.91. The van der Waals surface area contributed by atoms with E-state index in [0.717, 1.165) is 31.0 Å². The van der Waals surface area contributed by atoms with Crippen molar-refractivity contribution in [2.24, 2.45) is 7.05 Å². The van der Waals surface area contributed by atoms with Crippen molar-refractivity contribution in [3.05, 3.63) is 18.0 Å². The fourth-order valence-electron chi connectivity index (χ4n) is 2.04. The maximum Gasteiger partial charge on any atom is 0.321 e. The Kier molecular flexibility index (Phi) is 4.06. The van der Waals surface area contributed by atoms with E-state index in [9.17, 15) is 4.79 Å². The zero-order valence-electron chi connectivity index (χ0n) is 9.87. The molecule has 1 unspecified atom stereocenters. The van der Waals surface area contributed by atoms with Crippen LogP contribution >= 0.6 is 11.8 Å². The first kappa shape index (κ1) is 12.4. The van der Waals surface area contributed by atoms with E-state index in [1.807, 2.05) is 17.8 Å². The van der Waals surface area contributed by atoms with Gasteiger partial charge in [0.2, 0.25) is 0 Å². The summed E-state index contributed by atoms with van der Waals surface area (Å²) in [5, 5.41) is 13.3. The number of carbonyl (C=O) groups is 1. The number of aryl methyl sites for hydroxylation is 1. The maximum absolute atomic E-state index is 11.1. The summed E-state index contributed by atoms with van der Waals surface area (Å²) in [5.74, 6) is 1.01. The lowest BCUT2D eigenvalue weighted by Gasteiger charge is -2.32. The Morgan fingerprint density at radius 3 is 3.18 bits per heavy atom. The van der Waals surface area contributed by atoms with Crippen molar-refractivity contribution in [3.63, 3.8) is 0 Å². The second kappa shape index (κ2) is 5.55. The minimum Gasteiger partial charge on any atom is -0.480 e. The number of hydrogen-bond acceptors (Lipinski definition) is 4. The van der Waals surface area contributed by atoms with Gasteiger partial charge in [0.1, 0.15) is 6.04 Å². The van der Waals surface area contributed by atoms with Crippen LogP contribution in [0.5, 0.6) is 0 Å². The van der Waals surface area contributed by atoms with Crippen molar-refractivity contribution in [2.45, 2.75) is 12.5 Å².